The van der Waals surface area contributed by atoms with Gasteiger partial charge in [0.25, 0.3) is 11.5 Å². The minimum absolute atomic E-state index is 0.215. The van der Waals surface area contributed by atoms with Gasteiger partial charge in [0.1, 0.15) is 11.4 Å². The number of morpholine rings is 1. The Morgan fingerprint density at radius 3 is 2.58 bits per heavy atom. The Balaban J connectivity index is 1.60. The summed E-state index contributed by atoms with van der Waals surface area (Å²) in [4.78, 5) is 28.4. The Hall–Kier alpha value is -3.23. The summed E-state index contributed by atoms with van der Waals surface area (Å²) in [6.45, 7) is 4.78. The molecule has 1 N–H and O–H groups in total. The molecule has 8 heteroatoms. The van der Waals surface area contributed by atoms with Crippen molar-refractivity contribution >= 4 is 16.7 Å². The van der Waals surface area contributed by atoms with Gasteiger partial charge < -0.3 is 14.8 Å². The number of fused-ring (bicyclic) bond motifs is 1. The molecule has 3 aromatic rings. The first-order valence-corrected chi connectivity index (χ1v) is 10.4. The van der Waals surface area contributed by atoms with Crippen molar-refractivity contribution in [3.05, 3.63) is 64.6 Å². The van der Waals surface area contributed by atoms with Crippen LogP contribution in [0.25, 0.3) is 16.5 Å². The number of para-hydroxylation sites is 2. The van der Waals surface area contributed by atoms with Crippen LogP contribution >= 0.6 is 0 Å². The van der Waals surface area contributed by atoms with E-state index in [9.17, 15) is 9.59 Å². The lowest BCUT2D eigenvalue weighted by Gasteiger charge is -2.26. The molecule has 1 aromatic heterocycles. The van der Waals surface area contributed by atoms with Crippen LogP contribution in [0.15, 0.2) is 53.3 Å². The molecule has 2 heterocycles. The number of benzene rings is 2. The molecule has 1 aliphatic rings. The number of nitrogens with one attached hydrogen (secondary N) is 1. The maximum atomic E-state index is 13.1. The molecule has 1 amide bonds. The minimum atomic E-state index is -0.304. The van der Waals surface area contributed by atoms with Crippen molar-refractivity contribution in [1.29, 1.82) is 0 Å². The molecule has 8 nitrogen and oxygen atoms in total. The standard InChI is InChI=1S/C23H26N4O4/c1-30-20-10-5-4-9-19(20)27-23(29)18-8-3-2-7-17(18)21(25-27)22(28)24-11-6-12-26-13-15-31-16-14-26/h2-5,7-10H,6,11-16H2,1H3,(H,24,28). The molecule has 162 valence electrons. The van der Waals surface area contributed by atoms with Crippen molar-refractivity contribution in [2.75, 3.05) is 46.5 Å². The zero-order valence-electron chi connectivity index (χ0n) is 17.5. The minimum Gasteiger partial charge on any atom is -0.494 e. The molecule has 0 bridgehead atoms. The first kappa shape index (κ1) is 21.0. The van der Waals surface area contributed by atoms with Crippen LogP contribution in [0.1, 0.15) is 16.9 Å². The third kappa shape index (κ3) is 4.60. The van der Waals surface area contributed by atoms with Gasteiger partial charge in [0.2, 0.25) is 0 Å². The van der Waals surface area contributed by atoms with Crippen LogP contribution in [0.3, 0.4) is 0 Å². The summed E-state index contributed by atoms with van der Waals surface area (Å²) in [5, 5.41) is 8.35. The molecule has 1 fully saturated rings. The van der Waals surface area contributed by atoms with Gasteiger partial charge >= 0.3 is 0 Å². The highest BCUT2D eigenvalue weighted by atomic mass is 16.5. The molecule has 1 aliphatic heterocycles. The highest BCUT2D eigenvalue weighted by molar-refractivity contribution is 6.04. The predicted molar refractivity (Wildman–Crippen MR) is 118 cm³/mol. The van der Waals surface area contributed by atoms with Crippen molar-refractivity contribution in [3.8, 4) is 11.4 Å². The number of amides is 1. The first-order valence-electron chi connectivity index (χ1n) is 10.4. The third-order valence-corrected chi connectivity index (χ3v) is 5.37. The lowest BCUT2D eigenvalue weighted by atomic mass is 10.1. The number of rotatable bonds is 7. The van der Waals surface area contributed by atoms with E-state index in [1.165, 1.54) is 11.8 Å². The fourth-order valence-corrected chi connectivity index (χ4v) is 3.74. The molecule has 0 unspecified atom stereocenters. The van der Waals surface area contributed by atoms with E-state index < -0.39 is 0 Å². The number of aromatic nitrogens is 2. The second-order valence-corrected chi connectivity index (χ2v) is 7.35. The molecule has 0 aliphatic carbocycles. The van der Waals surface area contributed by atoms with Crippen molar-refractivity contribution in [2.24, 2.45) is 0 Å². The Labute approximate surface area is 180 Å². The van der Waals surface area contributed by atoms with Crippen LogP contribution < -0.4 is 15.6 Å². The van der Waals surface area contributed by atoms with E-state index in [4.69, 9.17) is 9.47 Å². The van der Waals surface area contributed by atoms with Crippen LogP contribution in [-0.4, -0.2) is 67.1 Å². The van der Waals surface area contributed by atoms with E-state index in [1.807, 2.05) is 6.07 Å². The largest absolute Gasteiger partial charge is 0.494 e. The number of hydrogen-bond acceptors (Lipinski definition) is 6. The predicted octanol–water partition coefficient (Wildman–Crippen LogP) is 1.85. The summed E-state index contributed by atoms with van der Waals surface area (Å²) in [5.41, 5.74) is 0.401. The zero-order chi connectivity index (χ0) is 21.6. The smallest absolute Gasteiger partial charge is 0.279 e. The molecule has 0 radical (unpaired) electrons. The third-order valence-electron chi connectivity index (χ3n) is 5.37. The molecule has 1 saturated heterocycles. The van der Waals surface area contributed by atoms with E-state index in [1.54, 1.807) is 42.5 Å². The van der Waals surface area contributed by atoms with Crippen LogP contribution in [0, 0.1) is 0 Å². The van der Waals surface area contributed by atoms with Crippen molar-refractivity contribution in [3.63, 3.8) is 0 Å². The Morgan fingerprint density at radius 1 is 1.10 bits per heavy atom. The van der Waals surface area contributed by atoms with Gasteiger partial charge in [-0.3, -0.25) is 14.5 Å². The number of hydrogen-bond donors (Lipinski definition) is 1. The van der Waals surface area contributed by atoms with Crippen molar-refractivity contribution in [1.82, 2.24) is 20.0 Å². The molecule has 2 aromatic carbocycles. The summed E-state index contributed by atoms with van der Waals surface area (Å²) in [5.74, 6) is 0.200. The second kappa shape index (κ2) is 9.72. The summed E-state index contributed by atoms with van der Waals surface area (Å²) in [6, 6.07) is 14.1. The monoisotopic (exact) mass is 422 g/mol. The molecular weight excluding hydrogens is 396 g/mol. The van der Waals surface area contributed by atoms with Crippen LogP contribution in [0.2, 0.25) is 0 Å². The normalized spacial score (nSPS) is 14.5. The van der Waals surface area contributed by atoms with Crippen LogP contribution in [0.5, 0.6) is 5.75 Å². The molecule has 0 saturated carbocycles. The van der Waals surface area contributed by atoms with Crippen LogP contribution in [0.4, 0.5) is 0 Å². The number of nitrogens with zero attached hydrogens (tertiary/aromatic N) is 3. The molecule has 0 spiro atoms. The van der Waals surface area contributed by atoms with E-state index >= 15 is 0 Å². The van der Waals surface area contributed by atoms with Crippen molar-refractivity contribution < 1.29 is 14.3 Å². The van der Waals surface area contributed by atoms with Gasteiger partial charge in [0, 0.05) is 25.0 Å². The second-order valence-electron chi connectivity index (χ2n) is 7.35. The Bertz CT molecular complexity index is 1120. The van der Waals surface area contributed by atoms with E-state index in [-0.39, 0.29) is 17.2 Å². The Kier molecular flexibility index (Phi) is 6.59. The van der Waals surface area contributed by atoms with Crippen molar-refractivity contribution in [2.45, 2.75) is 6.42 Å². The fraction of sp³-hybridized carbons (Fsp3) is 0.348. The van der Waals surface area contributed by atoms with Crippen LogP contribution in [-0.2, 0) is 4.74 Å². The maximum absolute atomic E-state index is 13.1. The fourth-order valence-electron chi connectivity index (χ4n) is 3.74. The van der Waals surface area contributed by atoms with E-state index in [2.05, 4.69) is 15.3 Å². The maximum Gasteiger partial charge on any atom is 0.279 e. The zero-order valence-corrected chi connectivity index (χ0v) is 17.5. The average Bonchev–Trinajstić information content (AvgIpc) is 2.83. The summed E-state index contributed by atoms with van der Waals surface area (Å²) in [7, 11) is 1.53. The van der Waals surface area contributed by atoms with E-state index in [0.29, 0.717) is 28.8 Å². The van der Waals surface area contributed by atoms with Gasteiger partial charge in [0.15, 0.2) is 5.69 Å². The SMILES string of the molecule is COc1ccccc1-n1nc(C(=O)NCCCN2CCOCC2)c2ccccc2c1=O. The molecular formula is C23H26N4O4. The molecule has 0 atom stereocenters. The summed E-state index contributed by atoms with van der Waals surface area (Å²) >= 11 is 0. The topological polar surface area (TPSA) is 85.7 Å². The van der Waals surface area contributed by atoms with Gasteiger partial charge in [-0.2, -0.15) is 9.78 Å². The quantitative estimate of drug-likeness (QED) is 0.585. The van der Waals surface area contributed by atoms with Gasteiger partial charge in [-0.15, -0.1) is 0 Å². The van der Waals surface area contributed by atoms with Gasteiger partial charge in [-0.25, -0.2) is 0 Å². The number of carbonyl (C=O) groups is 1. The number of carbonyl (C=O) groups excluding carboxylic acids is 1. The van der Waals surface area contributed by atoms with E-state index in [0.717, 1.165) is 39.3 Å². The lowest BCUT2D eigenvalue weighted by Crippen LogP contribution is -2.38. The number of methoxy groups -OCH3 is 1. The average molecular weight is 422 g/mol. The molecule has 4 rings (SSSR count). The van der Waals surface area contributed by atoms with Gasteiger partial charge in [0.05, 0.1) is 25.7 Å². The lowest BCUT2D eigenvalue weighted by molar-refractivity contribution is 0.0374. The number of ether oxygens (including phenoxy) is 2. The summed E-state index contributed by atoms with van der Waals surface area (Å²) < 4.78 is 12.0. The summed E-state index contributed by atoms with van der Waals surface area (Å²) in [6.07, 6.45) is 0.829. The molecule has 31 heavy (non-hydrogen) atoms. The first-order chi connectivity index (χ1) is 15.2. The highest BCUT2D eigenvalue weighted by Crippen LogP contribution is 2.22. The van der Waals surface area contributed by atoms with Gasteiger partial charge in [-0.05, 0) is 31.2 Å². The Morgan fingerprint density at radius 2 is 1.81 bits per heavy atom. The van der Waals surface area contributed by atoms with Gasteiger partial charge in [-0.1, -0.05) is 30.3 Å². The highest BCUT2D eigenvalue weighted by Gasteiger charge is 2.19.